The largest absolute Gasteiger partial charge is 0.496 e. The second kappa shape index (κ2) is 38.6. The van der Waals surface area contributed by atoms with Gasteiger partial charge in [-0.2, -0.15) is 0 Å². The molecule has 0 spiro atoms. The molecule has 0 saturated carbocycles. The molecule has 14 aromatic carbocycles. The second-order valence-corrected chi connectivity index (χ2v) is 41.3. The highest BCUT2D eigenvalue weighted by Crippen LogP contribution is 2.48. The van der Waals surface area contributed by atoms with Crippen molar-refractivity contribution >= 4 is 54.5 Å². The van der Waals surface area contributed by atoms with E-state index in [9.17, 15) is 0 Å². The normalized spacial score (nSPS) is 14.1. The molecule has 0 fully saturated rings. The molecule has 2 aliphatic rings. The highest BCUT2D eigenvalue weighted by molar-refractivity contribution is 7.98. The van der Waals surface area contributed by atoms with Crippen LogP contribution in [0.4, 0.5) is 0 Å². The van der Waals surface area contributed by atoms with Crippen LogP contribution in [0.1, 0.15) is 107 Å². The van der Waals surface area contributed by atoms with E-state index in [0.29, 0.717) is 11.2 Å². The molecule has 14 aromatic rings. The molecular weight excluding hydrogens is 1450 g/mol. The summed E-state index contributed by atoms with van der Waals surface area (Å²) in [6.45, 7) is 26.9. The summed E-state index contributed by atoms with van der Waals surface area (Å²) in [7, 11) is 1.66. The van der Waals surface area contributed by atoms with Gasteiger partial charge < -0.3 is 4.74 Å². The van der Waals surface area contributed by atoms with E-state index in [1.165, 1.54) is 107 Å². The van der Waals surface area contributed by atoms with Gasteiger partial charge in [0.15, 0.2) is 73.8 Å². The molecule has 16 rings (SSSR count). The molecule has 3 atom stereocenters. The van der Waals surface area contributed by atoms with Crippen LogP contribution in [-0.2, 0) is 70.7 Å². The van der Waals surface area contributed by atoms with Gasteiger partial charge in [0, 0.05) is 17.7 Å². The lowest BCUT2D eigenvalue weighted by Crippen LogP contribution is -2.19. The molecule has 0 bridgehead atoms. The van der Waals surface area contributed by atoms with Gasteiger partial charge in [0.2, 0.25) is 0 Å². The molecule has 6 heteroatoms. The van der Waals surface area contributed by atoms with E-state index in [1.54, 1.807) is 7.11 Å². The van der Waals surface area contributed by atoms with Crippen LogP contribution < -0.4 is 4.74 Å². The summed E-state index contributed by atoms with van der Waals surface area (Å²) < 4.78 is 5.52. The van der Waals surface area contributed by atoms with Gasteiger partial charge in [0.1, 0.15) is 5.75 Å². The molecular formula is C106H107OS5+5. The molecule has 1 aliphatic carbocycles. The minimum absolute atomic E-state index is 0.0146. The summed E-state index contributed by atoms with van der Waals surface area (Å²) in [6.07, 6.45) is 9.14. The lowest BCUT2D eigenvalue weighted by Gasteiger charge is -2.21. The van der Waals surface area contributed by atoms with Crippen LogP contribution in [0.3, 0.4) is 0 Å². The van der Waals surface area contributed by atoms with Crippen LogP contribution in [0.25, 0.3) is 0 Å². The smallest absolute Gasteiger partial charge is 0.167 e. The maximum absolute atomic E-state index is 5.52. The Morgan fingerprint density at radius 3 is 0.812 bits per heavy atom. The Morgan fingerprint density at radius 2 is 0.518 bits per heavy atom. The molecule has 1 nitrogen and oxygen atoms in total. The second-order valence-electron chi connectivity index (χ2n) is 31.1. The molecule has 1 heterocycles. The molecule has 112 heavy (non-hydrogen) atoms. The molecule has 0 N–H and O–H groups in total. The van der Waals surface area contributed by atoms with Gasteiger partial charge in [-0.05, 0) is 223 Å². The van der Waals surface area contributed by atoms with Crippen LogP contribution in [-0.4, -0.2) is 12.4 Å². The van der Waals surface area contributed by atoms with Gasteiger partial charge in [0.05, 0.1) is 67.5 Å². The third-order valence-corrected chi connectivity index (χ3v) is 31.2. The summed E-state index contributed by atoms with van der Waals surface area (Å²) in [4.78, 5) is 19.3. The quantitative estimate of drug-likeness (QED) is 0.0986. The number of benzene rings is 14. The number of hydrogen-bond acceptors (Lipinski definition) is 1. The zero-order valence-corrected chi connectivity index (χ0v) is 71.3. The van der Waals surface area contributed by atoms with E-state index in [4.69, 9.17) is 4.74 Å². The van der Waals surface area contributed by atoms with Crippen molar-refractivity contribution in [3.8, 4) is 5.75 Å². The van der Waals surface area contributed by atoms with Crippen LogP contribution in [0.2, 0.25) is 0 Å². The fourth-order valence-electron chi connectivity index (χ4n) is 13.9. The van der Waals surface area contributed by atoms with E-state index in [2.05, 4.69) is 484 Å². The maximum Gasteiger partial charge on any atom is 0.167 e. The monoisotopic (exact) mass is 1560 g/mol. The molecule has 562 valence electrons. The van der Waals surface area contributed by atoms with Gasteiger partial charge in [0.25, 0.3) is 0 Å². The van der Waals surface area contributed by atoms with E-state index < -0.39 is 0 Å². The van der Waals surface area contributed by atoms with Crippen LogP contribution >= 0.6 is 0 Å². The van der Waals surface area contributed by atoms with Crippen LogP contribution in [0, 0.1) is 20.8 Å². The number of hydrogen-bond donors (Lipinski definition) is 0. The molecule has 0 saturated heterocycles. The summed E-state index contributed by atoms with van der Waals surface area (Å²) in [6, 6.07) is 136. The summed E-state index contributed by atoms with van der Waals surface area (Å²) in [5, 5.41) is 0.602. The summed E-state index contributed by atoms with van der Waals surface area (Å²) >= 11 is 0. The lowest BCUT2D eigenvalue weighted by atomic mass is 9.87. The predicted octanol–water partition coefficient (Wildman–Crippen LogP) is 28.3. The van der Waals surface area contributed by atoms with Crippen LogP contribution in [0.5, 0.6) is 5.75 Å². The summed E-state index contributed by atoms with van der Waals surface area (Å²) in [5.41, 5.74) is 9.83. The number of methoxy groups -OCH3 is 1. The van der Waals surface area contributed by atoms with Crippen molar-refractivity contribution < 1.29 is 4.74 Å². The molecule has 0 amide bonds. The van der Waals surface area contributed by atoms with Crippen molar-refractivity contribution in [3.05, 3.63) is 439 Å². The zero-order valence-electron chi connectivity index (χ0n) is 67.2. The number of aryl methyl sites for hydroxylation is 3. The first-order valence-electron chi connectivity index (χ1n) is 38.8. The first-order chi connectivity index (χ1) is 54.2. The van der Waals surface area contributed by atoms with E-state index in [0.717, 1.165) is 5.75 Å². The van der Waals surface area contributed by atoms with Gasteiger partial charge in [-0.3, -0.25) is 0 Å². The Balaban J connectivity index is 0.000000131. The van der Waals surface area contributed by atoms with Gasteiger partial charge >= 0.3 is 0 Å². The highest BCUT2D eigenvalue weighted by atomic mass is 32.2. The predicted molar refractivity (Wildman–Crippen MR) is 484 cm³/mol. The van der Waals surface area contributed by atoms with Crippen molar-refractivity contribution in [1.82, 2.24) is 0 Å². The van der Waals surface area contributed by atoms with Gasteiger partial charge in [-0.25, -0.2) is 0 Å². The average Bonchev–Trinajstić information content (AvgIpc) is 0.950. The Labute approximate surface area is 684 Å². The van der Waals surface area contributed by atoms with Gasteiger partial charge in [-0.15, -0.1) is 0 Å². The SMILES string of the molecule is C1=CC2c3ccccc3[S+](c3ccccc3)C2C=C1.CC(C)(C)c1ccc([S+](c2ccc(C(C)(C)C)cc2)c2ccc(C(C)(C)C)cc2)cc1.COc1c(C)cc([S+](c2ccccc2)c2ccccc2)cc1C.Cc1ccc([S+](c2ccccc2)c2ccccc2)cc1.c1ccc([S+](c2ccccc2)c2ccccc2)cc1. The third-order valence-electron chi connectivity index (χ3n) is 19.7. The van der Waals surface area contributed by atoms with Gasteiger partial charge in [-0.1, -0.05) is 298 Å². The van der Waals surface area contributed by atoms with Crippen molar-refractivity contribution in [3.63, 3.8) is 0 Å². The molecule has 3 unspecified atom stereocenters. The number of rotatable bonds is 14. The first kappa shape index (κ1) is 81.6. The topological polar surface area (TPSA) is 9.23 Å². The Morgan fingerprint density at radius 1 is 0.268 bits per heavy atom. The number of ether oxygens (including phenoxy) is 1. The molecule has 1 aliphatic heterocycles. The average molecular weight is 1560 g/mol. The lowest BCUT2D eigenvalue weighted by molar-refractivity contribution is 0.408. The first-order valence-corrected chi connectivity index (χ1v) is 45.0. The van der Waals surface area contributed by atoms with Crippen LogP contribution in [0.15, 0.2) is 469 Å². The van der Waals surface area contributed by atoms with Crippen molar-refractivity contribution in [2.45, 2.75) is 179 Å². The maximum atomic E-state index is 5.52. The molecule has 0 radical (unpaired) electrons. The standard InChI is InChI=1S/C30H39S.C21H21OS.C19H17S.2C18H15S/c1-28(2,3)22-10-16-25(17-11-22)31(26-18-12-23(13-19-26)29(4,5)6)27-20-14-24(15-21-27)30(7,8)9;1-16-14-20(15-17(2)21(16)22-3)23(18-10-6-4-7-11-18)19-12-8-5-9-13-19;1-16-12-14-19(15-13-16)20(17-8-4-2-5-9-17)18-10-6-3-7-11-18;1-2-8-14(9-3-1)19-17-12-6-4-10-15(17)16-11-5-7-13-18(16)19;1-4-10-16(11-5-1)19(17-12-6-2-7-13-17)18-14-8-3-9-15-18/h10-21H,1-9H3;4-15H,1-3H3;2-15H,1H3;1-13,15,17H;1-15H/q5*+1. The highest BCUT2D eigenvalue weighted by Gasteiger charge is 2.49. The van der Waals surface area contributed by atoms with E-state index in [-0.39, 0.29) is 70.7 Å². The molecule has 0 aromatic heterocycles. The minimum atomic E-state index is -0.120. The fourth-order valence-corrected chi connectivity index (χ4v) is 25.1. The van der Waals surface area contributed by atoms with Crippen molar-refractivity contribution in [2.75, 3.05) is 7.11 Å². The Kier molecular flexibility index (Phi) is 28.1. The number of allylic oxidation sites excluding steroid dienone is 3. The summed E-state index contributed by atoms with van der Waals surface area (Å²) in [5.74, 6) is 1.54. The van der Waals surface area contributed by atoms with E-state index in [1.807, 2.05) is 0 Å². The van der Waals surface area contributed by atoms with Crippen molar-refractivity contribution in [2.24, 2.45) is 0 Å². The fraction of sp³-hybridized carbons (Fsp3) is 0.170. The minimum Gasteiger partial charge on any atom is -0.496 e. The zero-order chi connectivity index (χ0) is 78.6. The Bertz CT molecular complexity index is 4920. The Hall–Kier alpha value is -9.89. The number of fused-ring (bicyclic) bond motifs is 3. The van der Waals surface area contributed by atoms with E-state index >= 15 is 0 Å². The third kappa shape index (κ3) is 21.1. The van der Waals surface area contributed by atoms with Crippen molar-refractivity contribution in [1.29, 1.82) is 0 Å².